The van der Waals surface area contributed by atoms with Crippen LogP contribution in [-0.4, -0.2) is 88.8 Å². The second-order valence-corrected chi connectivity index (χ2v) is 10.3. The van der Waals surface area contributed by atoms with Crippen LogP contribution in [0.1, 0.15) is 18.4 Å². The van der Waals surface area contributed by atoms with Gasteiger partial charge < -0.3 is 39.3 Å². The average molecular weight is 552 g/mol. The van der Waals surface area contributed by atoms with Crippen molar-refractivity contribution in [3.63, 3.8) is 0 Å². The van der Waals surface area contributed by atoms with Crippen LogP contribution in [0.2, 0.25) is 5.02 Å². The Labute approximate surface area is 222 Å². The normalized spacial score (nSPS) is 27.6. The number of benzene rings is 1. The molecule has 3 aromatic rings. The van der Waals surface area contributed by atoms with Gasteiger partial charge in [-0.05, 0) is 32.5 Å². The fourth-order valence-electron chi connectivity index (χ4n) is 5.16. The van der Waals surface area contributed by atoms with E-state index in [4.69, 9.17) is 30.5 Å². The minimum absolute atomic E-state index is 0.103. The number of likely N-dealkylation sites (N-methyl/N-ethyl adjacent to an activating group) is 1. The largest absolute Gasteiger partial charge is 0.489 e. The number of rotatable bonds is 7. The lowest BCUT2D eigenvalue weighted by Crippen LogP contribution is -2.38. The predicted octanol–water partition coefficient (Wildman–Crippen LogP) is 2.88. The lowest BCUT2D eigenvalue weighted by Gasteiger charge is -2.30. The topological polar surface area (TPSA) is 114 Å². The van der Waals surface area contributed by atoms with Crippen molar-refractivity contribution in [3.05, 3.63) is 40.4 Å². The number of ether oxygens (including phenoxy) is 4. The first kappa shape index (κ1) is 25.5. The molecule has 0 bridgehead atoms. The van der Waals surface area contributed by atoms with Gasteiger partial charge in [-0.25, -0.2) is 13.8 Å². The fourth-order valence-corrected chi connectivity index (χ4v) is 5.38. The van der Waals surface area contributed by atoms with Crippen molar-refractivity contribution in [2.75, 3.05) is 38.7 Å². The number of pyridine rings is 1. The lowest BCUT2D eigenvalue weighted by atomic mass is 10.1. The minimum atomic E-state index is -0.722. The van der Waals surface area contributed by atoms with Gasteiger partial charge in [0.05, 0.1) is 23.8 Å². The van der Waals surface area contributed by atoms with E-state index < -0.39 is 36.1 Å². The minimum Gasteiger partial charge on any atom is -0.489 e. The molecule has 5 heterocycles. The van der Waals surface area contributed by atoms with Crippen molar-refractivity contribution in [3.8, 4) is 11.8 Å². The highest BCUT2D eigenvalue weighted by Gasteiger charge is 2.48. The standard InChI is InChI=1S/C25H28ClF2N5O5/c1-33-4-2-3-12(9-33)37-13-5-16(27)14(17(28)6-13)8-29-23-15(26)7-18-24(31-23)32-25(30-18)38-20-11-36-21-19(34)10-35-22(20)21/h5-7,12,19-22,34H,2-4,8-11H2,1H3,(H2,29,30,31,32)/t12?,19-,20-,21-,22-/m1/s1. The van der Waals surface area contributed by atoms with Crippen LogP contribution in [0.3, 0.4) is 0 Å². The smallest absolute Gasteiger partial charge is 0.296 e. The summed E-state index contributed by atoms with van der Waals surface area (Å²) in [5, 5.41) is 13.0. The maximum Gasteiger partial charge on any atom is 0.296 e. The molecule has 3 fully saturated rings. The predicted molar refractivity (Wildman–Crippen MR) is 134 cm³/mol. The van der Waals surface area contributed by atoms with Gasteiger partial charge in [0.15, 0.2) is 11.8 Å². The molecule has 0 spiro atoms. The molecule has 0 aliphatic carbocycles. The molecule has 1 aromatic carbocycles. The highest BCUT2D eigenvalue weighted by molar-refractivity contribution is 6.33. The van der Waals surface area contributed by atoms with E-state index >= 15 is 0 Å². The summed E-state index contributed by atoms with van der Waals surface area (Å²) in [5.41, 5.74) is 0.666. The van der Waals surface area contributed by atoms with Crippen molar-refractivity contribution in [2.24, 2.45) is 0 Å². The molecule has 0 saturated carbocycles. The number of likely N-dealkylation sites (tertiary alicyclic amines) is 1. The monoisotopic (exact) mass is 551 g/mol. The number of hydrogen-bond donors (Lipinski definition) is 3. The molecular weight excluding hydrogens is 524 g/mol. The summed E-state index contributed by atoms with van der Waals surface area (Å²) in [4.78, 5) is 13.9. The van der Waals surface area contributed by atoms with Crippen molar-refractivity contribution < 1.29 is 32.8 Å². The number of aliphatic hydroxyl groups is 1. The van der Waals surface area contributed by atoms with E-state index in [2.05, 4.69) is 25.2 Å². The van der Waals surface area contributed by atoms with Gasteiger partial charge in [-0.15, -0.1) is 0 Å². The number of aliphatic hydroxyl groups excluding tert-OH is 1. The maximum atomic E-state index is 14.8. The first-order valence-electron chi connectivity index (χ1n) is 12.5. The van der Waals surface area contributed by atoms with Crippen molar-refractivity contribution in [2.45, 2.75) is 49.9 Å². The first-order chi connectivity index (χ1) is 18.3. The van der Waals surface area contributed by atoms with Crippen LogP contribution >= 0.6 is 11.6 Å². The van der Waals surface area contributed by atoms with Gasteiger partial charge in [0.1, 0.15) is 47.6 Å². The lowest BCUT2D eigenvalue weighted by molar-refractivity contribution is 0.00706. The van der Waals surface area contributed by atoms with Crippen LogP contribution in [-0.2, 0) is 16.0 Å². The zero-order valence-corrected chi connectivity index (χ0v) is 21.4. The molecule has 2 aromatic heterocycles. The Kier molecular flexibility index (Phi) is 6.99. The number of H-pyrrole nitrogens is 1. The van der Waals surface area contributed by atoms with Gasteiger partial charge in [-0.2, -0.15) is 4.98 Å². The number of nitrogens with zero attached hydrogens (tertiary/aromatic N) is 3. The third-order valence-electron chi connectivity index (χ3n) is 7.08. The SMILES string of the molecule is CN1CCCC(Oc2cc(F)c(CNc3nc4nc(O[C@@H]5CO[C@H]6[C@@H]5OC[C@H]6O)[nH]c4cc3Cl)c(F)c2)C1. The van der Waals surface area contributed by atoms with Crippen LogP contribution in [0.15, 0.2) is 18.2 Å². The molecule has 38 heavy (non-hydrogen) atoms. The number of piperidine rings is 1. The van der Waals surface area contributed by atoms with Gasteiger partial charge in [0, 0.05) is 30.8 Å². The van der Waals surface area contributed by atoms with Crippen LogP contribution in [0.4, 0.5) is 14.6 Å². The van der Waals surface area contributed by atoms with Crippen molar-refractivity contribution in [1.29, 1.82) is 0 Å². The number of nitrogens with one attached hydrogen (secondary N) is 2. The summed E-state index contributed by atoms with van der Waals surface area (Å²) in [7, 11) is 1.99. The zero-order valence-electron chi connectivity index (χ0n) is 20.6. The molecule has 3 aliphatic heterocycles. The van der Waals surface area contributed by atoms with Crippen LogP contribution in [0, 0.1) is 11.6 Å². The molecule has 5 atom stereocenters. The second kappa shape index (κ2) is 10.4. The summed E-state index contributed by atoms with van der Waals surface area (Å²) in [5.74, 6) is -1.06. The summed E-state index contributed by atoms with van der Waals surface area (Å²) >= 11 is 6.37. The number of fused-ring (bicyclic) bond motifs is 2. The molecule has 0 amide bonds. The molecule has 3 N–H and O–H groups in total. The fraction of sp³-hybridized carbons (Fsp3) is 0.520. The summed E-state index contributed by atoms with van der Waals surface area (Å²) in [6.07, 6.45) is -0.228. The van der Waals surface area contributed by atoms with Gasteiger partial charge in [0.2, 0.25) is 0 Å². The van der Waals surface area contributed by atoms with Gasteiger partial charge >= 0.3 is 0 Å². The number of halogens is 3. The Morgan fingerprint density at radius 3 is 2.74 bits per heavy atom. The number of imidazole rings is 1. The number of aromatic amines is 1. The molecule has 1 unspecified atom stereocenters. The van der Waals surface area contributed by atoms with Crippen LogP contribution in [0.25, 0.3) is 11.2 Å². The molecule has 3 saturated heterocycles. The molecular formula is C25H28ClF2N5O5. The Hall–Kier alpha value is -2.77. The van der Waals surface area contributed by atoms with E-state index in [0.29, 0.717) is 17.7 Å². The highest BCUT2D eigenvalue weighted by atomic mass is 35.5. The number of hydrogen-bond acceptors (Lipinski definition) is 9. The molecule has 6 rings (SSSR count). The molecule has 13 heteroatoms. The Morgan fingerprint density at radius 1 is 1.16 bits per heavy atom. The van der Waals surface area contributed by atoms with Gasteiger partial charge in [-0.3, -0.25) is 0 Å². The number of aromatic nitrogens is 3. The average Bonchev–Trinajstić information content (AvgIpc) is 3.55. The van der Waals surface area contributed by atoms with E-state index in [1.54, 1.807) is 6.07 Å². The Balaban J connectivity index is 1.12. The van der Waals surface area contributed by atoms with Crippen LogP contribution in [0.5, 0.6) is 11.8 Å². The Bertz CT molecular complexity index is 1310. The van der Waals surface area contributed by atoms with E-state index in [0.717, 1.165) is 19.4 Å². The molecule has 0 radical (unpaired) electrons. The van der Waals surface area contributed by atoms with E-state index in [-0.39, 0.29) is 54.0 Å². The first-order valence-corrected chi connectivity index (χ1v) is 12.9. The molecule has 10 nitrogen and oxygen atoms in total. The highest BCUT2D eigenvalue weighted by Crippen LogP contribution is 2.31. The maximum absolute atomic E-state index is 14.8. The van der Waals surface area contributed by atoms with E-state index in [1.165, 1.54) is 12.1 Å². The third kappa shape index (κ3) is 5.10. The Morgan fingerprint density at radius 2 is 1.95 bits per heavy atom. The quantitative estimate of drug-likeness (QED) is 0.408. The number of anilines is 1. The summed E-state index contributed by atoms with van der Waals surface area (Å²) < 4.78 is 52.5. The summed E-state index contributed by atoms with van der Waals surface area (Å²) in [6, 6.07) is 4.20. The van der Waals surface area contributed by atoms with Gasteiger partial charge in [-0.1, -0.05) is 11.6 Å². The zero-order chi connectivity index (χ0) is 26.4. The molecule has 3 aliphatic rings. The summed E-state index contributed by atoms with van der Waals surface area (Å²) in [6.45, 7) is 1.96. The van der Waals surface area contributed by atoms with Crippen molar-refractivity contribution >= 4 is 28.6 Å². The molecule has 204 valence electrons. The van der Waals surface area contributed by atoms with E-state index in [9.17, 15) is 13.9 Å². The van der Waals surface area contributed by atoms with Gasteiger partial charge in [0.25, 0.3) is 6.01 Å². The van der Waals surface area contributed by atoms with E-state index in [1.807, 2.05) is 7.05 Å². The third-order valence-corrected chi connectivity index (χ3v) is 7.37. The second-order valence-electron chi connectivity index (χ2n) is 9.91. The van der Waals surface area contributed by atoms with Crippen LogP contribution < -0.4 is 14.8 Å². The van der Waals surface area contributed by atoms with Crippen molar-refractivity contribution in [1.82, 2.24) is 19.9 Å².